The van der Waals surface area contributed by atoms with Crippen LogP contribution in [0.3, 0.4) is 0 Å². The third kappa shape index (κ3) is 8.40. The monoisotopic (exact) mass is 649 g/mol. The molecule has 0 unspecified atom stereocenters. The molecule has 1 heterocycles. The zero-order valence-corrected chi connectivity index (χ0v) is 24.0. The number of nitrogens with zero attached hydrogens (tertiary/aromatic N) is 1. The predicted molar refractivity (Wildman–Crippen MR) is 142 cm³/mol. The summed E-state index contributed by atoms with van der Waals surface area (Å²) < 4.78 is 0. The summed E-state index contributed by atoms with van der Waals surface area (Å²) >= 11 is 0. The van der Waals surface area contributed by atoms with Crippen LogP contribution in [0.25, 0.3) is 22.2 Å². The summed E-state index contributed by atoms with van der Waals surface area (Å²) in [7, 11) is 0. The molecule has 0 spiro atoms. The second-order valence-electron chi connectivity index (χ2n) is 9.77. The number of pyridine rings is 1. The van der Waals surface area contributed by atoms with Crippen LogP contribution in [0.2, 0.25) is 0 Å². The van der Waals surface area contributed by atoms with Crippen molar-refractivity contribution in [1.82, 2.24) is 4.98 Å². The number of carbonyl (C=O) groups is 1. The number of hydrogen-bond acceptors (Lipinski definition) is 3. The molecule has 1 aromatic heterocycles. The first-order valence-corrected chi connectivity index (χ1v) is 12.5. The van der Waals surface area contributed by atoms with Gasteiger partial charge in [-0.15, -0.1) is 34.9 Å². The molecule has 1 saturated carbocycles. The standard InChI is InChI=1S/C26H30N.C5H8O2.Ir/c1-4-6-20-9-11-21(12-10-20)23-7-5-8-26-24(23)13-14-25(27-26)22-16-18(2)15-19(3)17-22;1-4(6)3-5(2)7;/h5,7-8,13-16,20-21H,4,6,9-12H2,1-3H3;3,6H,1-2H3;/q-1;;/b;4-3-;. The van der Waals surface area contributed by atoms with Crippen molar-refractivity contribution in [3.63, 3.8) is 0 Å². The topological polar surface area (TPSA) is 50.2 Å². The zero-order valence-electron chi connectivity index (χ0n) is 21.7. The van der Waals surface area contributed by atoms with E-state index in [9.17, 15) is 4.79 Å². The molecule has 189 valence electrons. The van der Waals surface area contributed by atoms with Crippen LogP contribution in [0, 0.1) is 25.8 Å². The fourth-order valence-corrected chi connectivity index (χ4v) is 5.18. The van der Waals surface area contributed by atoms with E-state index in [2.05, 4.69) is 69.3 Å². The van der Waals surface area contributed by atoms with Gasteiger partial charge in [-0.2, -0.15) is 0 Å². The number of rotatable bonds is 5. The maximum absolute atomic E-state index is 10.0. The maximum atomic E-state index is 10.0. The molecule has 1 aliphatic carbocycles. The normalized spacial score (nSPS) is 17.8. The summed E-state index contributed by atoms with van der Waals surface area (Å²) in [4.78, 5) is 15.0. The van der Waals surface area contributed by atoms with Crippen molar-refractivity contribution in [3.8, 4) is 11.3 Å². The van der Waals surface area contributed by atoms with Crippen molar-refractivity contribution >= 4 is 16.7 Å². The Morgan fingerprint density at radius 2 is 1.80 bits per heavy atom. The first-order chi connectivity index (χ1) is 16.3. The van der Waals surface area contributed by atoms with E-state index in [4.69, 9.17) is 10.1 Å². The van der Waals surface area contributed by atoms with Crippen LogP contribution in [-0.2, 0) is 24.9 Å². The molecular formula is C31H38IrNO2-. The number of aryl methyl sites for hydroxylation is 2. The average Bonchev–Trinajstić information content (AvgIpc) is 2.78. The molecule has 1 fully saturated rings. The molecule has 0 aliphatic heterocycles. The number of hydrogen-bond donors (Lipinski definition) is 1. The van der Waals surface area contributed by atoms with Gasteiger partial charge in [-0.05, 0) is 68.7 Å². The van der Waals surface area contributed by atoms with Gasteiger partial charge in [0, 0.05) is 31.6 Å². The molecule has 4 rings (SSSR count). The Bertz CT molecular complexity index is 1140. The third-order valence-electron chi connectivity index (χ3n) is 6.59. The minimum absolute atomic E-state index is 0. The fourth-order valence-electron chi connectivity index (χ4n) is 5.18. The molecule has 0 saturated heterocycles. The van der Waals surface area contributed by atoms with Gasteiger partial charge in [-0.3, -0.25) is 9.78 Å². The largest absolute Gasteiger partial charge is 0.512 e. The van der Waals surface area contributed by atoms with Gasteiger partial charge >= 0.3 is 0 Å². The smallest absolute Gasteiger partial charge is 0.155 e. The molecule has 3 aromatic rings. The number of aromatic nitrogens is 1. The van der Waals surface area contributed by atoms with Crippen molar-refractivity contribution in [2.75, 3.05) is 0 Å². The Morgan fingerprint density at radius 1 is 1.09 bits per heavy atom. The van der Waals surface area contributed by atoms with Gasteiger partial charge in [0.15, 0.2) is 5.78 Å². The second kappa shape index (κ2) is 13.7. The summed E-state index contributed by atoms with van der Waals surface area (Å²) in [6, 6.07) is 19.0. The Balaban J connectivity index is 0.000000476. The van der Waals surface area contributed by atoms with Gasteiger partial charge in [0.05, 0.1) is 11.3 Å². The molecule has 1 radical (unpaired) electrons. The first-order valence-electron chi connectivity index (χ1n) is 12.5. The summed E-state index contributed by atoms with van der Waals surface area (Å²) in [5, 5.41) is 9.70. The van der Waals surface area contributed by atoms with E-state index in [1.165, 1.54) is 80.5 Å². The number of aliphatic hydroxyl groups is 1. The number of fused-ring (bicyclic) bond motifs is 1. The minimum atomic E-state index is -0.125. The van der Waals surface area contributed by atoms with Crippen molar-refractivity contribution in [1.29, 1.82) is 0 Å². The SMILES string of the molecule is CC(=O)/C=C(/C)O.CCCC1CCC(c2cccc3nc(-c4[c-]c(C)cc(C)c4)ccc23)CC1.[Ir]. The molecule has 0 amide bonds. The molecule has 2 aromatic carbocycles. The Kier molecular flexibility index (Phi) is 11.3. The minimum Gasteiger partial charge on any atom is -0.512 e. The van der Waals surface area contributed by atoms with E-state index in [1.54, 1.807) is 0 Å². The summed E-state index contributed by atoms with van der Waals surface area (Å²) in [5.74, 6) is 1.58. The van der Waals surface area contributed by atoms with Gasteiger partial charge in [0.1, 0.15) is 0 Å². The third-order valence-corrected chi connectivity index (χ3v) is 6.59. The van der Waals surface area contributed by atoms with Crippen LogP contribution < -0.4 is 0 Å². The summed E-state index contributed by atoms with van der Waals surface area (Å²) in [6.07, 6.45) is 9.33. The second-order valence-corrected chi connectivity index (χ2v) is 9.77. The molecule has 3 nitrogen and oxygen atoms in total. The van der Waals surface area contributed by atoms with E-state index >= 15 is 0 Å². The van der Waals surface area contributed by atoms with Gasteiger partial charge in [-0.25, -0.2) is 0 Å². The van der Waals surface area contributed by atoms with Gasteiger partial charge in [-0.1, -0.05) is 57.9 Å². The molecule has 0 atom stereocenters. The summed E-state index contributed by atoms with van der Waals surface area (Å²) in [5.41, 5.74) is 7.18. The van der Waals surface area contributed by atoms with Crippen LogP contribution in [0.15, 0.2) is 54.3 Å². The molecule has 0 bridgehead atoms. The quantitative estimate of drug-likeness (QED) is 0.172. The number of ketones is 1. The zero-order chi connectivity index (χ0) is 24.7. The van der Waals surface area contributed by atoms with Crippen LogP contribution >= 0.6 is 0 Å². The van der Waals surface area contributed by atoms with Gasteiger partial charge < -0.3 is 5.11 Å². The van der Waals surface area contributed by atoms with E-state index in [1.807, 2.05) is 0 Å². The van der Waals surface area contributed by atoms with E-state index in [-0.39, 0.29) is 31.6 Å². The van der Waals surface area contributed by atoms with Crippen molar-refractivity contribution in [2.45, 2.75) is 79.1 Å². The number of carbonyl (C=O) groups excluding carboxylic acids is 1. The Hall–Kier alpha value is -2.29. The Labute approximate surface area is 224 Å². The van der Waals surface area contributed by atoms with Crippen LogP contribution in [-0.4, -0.2) is 15.9 Å². The number of aliphatic hydroxyl groups excluding tert-OH is 1. The van der Waals surface area contributed by atoms with Gasteiger partial charge in [0.2, 0.25) is 0 Å². The predicted octanol–water partition coefficient (Wildman–Crippen LogP) is 8.43. The fraction of sp³-hybridized carbons (Fsp3) is 0.419. The Morgan fingerprint density at radius 3 is 2.37 bits per heavy atom. The average molecular weight is 649 g/mol. The molecule has 1 aliphatic rings. The van der Waals surface area contributed by atoms with Crippen molar-refractivity contribution in [2.24, 2.45) is 5.92 Å². The summed E-state index contributed by atoms with van der Waals surface area (Å²) in [6.45, 7) is 9.40. The van der Waals surface area contributed by atoms with Crippen molar-refractivity contribution in [3.05, 3.63) is 77.1 Å². The number of benzene rings is 2. The van der Waals surface area contributed by atoms with E-state index < -0.39 is 0 Å². The van der Waals surface area contributed by atoms with Crippen LogP contribution in [0.5, 0.6) is 0 Å². The molecular weight excluding hydrogens is 611 g/mol. The first kappa shape index (κ1) is 28.9. The molecule has 4 heteroatoms. The van der Waals surface area contributed by atoms with Crippen LogP contribution in [0.4, 0.5) is 0 Å². The van der Waals surface area contributed by atoms with Crippen molar-refractivity contribution < 1.29 is 30.0 Å². The molecule has 35 heavy (non-hydrogen) atoms. The van der Waals surface area contributed by atoms with Gasteiger partial charge in [0.25, 0.3) is 0 Å². The number of allylic oxidation sites excluding steroid dienone is 2. The maximum Gasteiger partial charge on any atom is 0.155 e. The van der Waals surface area contributed by atoms with Crippen LogP contribution in [0.1, 0.15) is 81.9 Å². The van der Waals surface area contributed by atoms with E-state index in [0.29, 0.717) is 5.92 Å². The molecule has 1 N–H and O–H groups in total. The van der Waals surface area contributed by atoms with E-state index in [0.717, 1.165) is 22.7 Å².